The van der Waals surface area contributed by atoms with Gasteiger partial charge in [-0.15, -0.1) is 12.4 Å². The van der Waals surface area contributed by atoms with Gasteiger partial charge < -0.3 is 14.8 Å². The first kappa shape index (κ1) is 20.1. The van der Waals surface area contributed by atoms with Crippen molar-refractivity contribution in [2.75, 3.05) is 45.1 Å². The van der Waals surface area contributed by atoms with Crippen molar-refractivity contribution in [3.63, 3.8) is 0 Å². The van der Waals surface area contributed by atoms with Crippen molar-refractivity contribution in [3.05, 3.63) is 29.8 Å². The summed E-state index contributed by atoms with van der Waals surface area (Å²) in [4.78, 5) is 2.37. The molecule has 0 radical (unpaired) electrons. The van der Waals surface area contributed by atoms with E-state index in [0.717, 1.165) is 45.1 Å². The highest BCUT2D eigenvalue weighted by Crippen LogP contribution is 2.48. The number of thiocarbonyl (C=S) groups is 1. The third-order valence-corrected chi connectivity index (χ3v) is 7.00. The summed E-state index contributed by atoms with van der Waals surface area (Å²) >= 11 is 5.30. The summed E-state index contributed by atoms with van der Waals surface area (Å²) in [5.41, 5.74) is 1.33. The molecular weight excluding hydrogens is 384 g/mol. The molecule has 0 saturated carbocycles. The molecule has 2 heterocycles. The van der Waals surface area contributed by atoms with Crippen LogP contribution in [0.3, 0.4) is 0 Å². The van der Waals surface area contributed by atoms with Crippen molar-refractivity contribution >= 4 is 51.4 Å². The fourth-order valence-electron chi connectivity index (χ4n) is 2.62. The van der Waals surface area contributed by atoms with Crippen LogP contribution in [-0.2, 0) is 4.74 Å². The largest absolute Gasteiger partial charge is 0.432 e. The zero-order valence-corrected chi connectivity index (χ0v) is 16.7. The van der Waals surface area contributed by atoms with Gasteiger partial charge in [-0.3, -0.25) is 4.90 Å². The van der Waals surface area contributed by atoms with Crippen LogP contribution in [0.15, 0.2) is 24.3 Å². The first-order chi connectivity index (χ1) is 11.3. The Balaban J connectivity index is 0.00000208. The number of nitrogens with one attached hydrogen (secondary N) is 1. The number of nitrogens with zero attached hydrogens (tertiary/aromatic N) is 1. The Kier molecular flexibility index (Phi) is 9.00. The van der Waals surface area contributed by atoms with Crippen LogP contribution in [0.4, 0.5) is 0 Å². The molecule has 3 rings (SSSR count). The Morgan fingerprint density at radius 2 is 2.21 bits per heavy atom. The first-order valence-electron chi connectivity index (χ1n) is 7.95. The normalized spacial score (nSPS) is 21.1. The van der Waals surface area contributed by atoms with Gasteiger partial charge >= 0.3 is 0 Å². The van der Waals surface area contributed by atoms with Crippen LogP contribution < -0.4 is 10.1 Å². The molecule has 24 heavy (non-hydrogen) atoms. The monoisotopic (exact) mass is 406 g/mol. The van der Waals surface area contributed by atoms with Crippen LogP contribution in [0.2, 0.25) is 0 Å². The molecule has 2 fully saturated rings. The van der Waals surface area contributed by atoms with Gasteiger partial charge in [-0.1, -0.05) is 33.7 Å². The van der Waals surface area contributed by atoms with Gasteiger partial charge in [-0.2, -0.15) is 0 Å². The maximum absolute atomic E-state index is 5.77. The van der Waals surface area contributed by atoms with E-state index in [2.05, 4.69) is 22.3 Å². The summed E-state index contributed by atoms with van der Waals surface area (Å²) in [5.74, 6) is 2.05. The summed E-state index contributed by atoms with van der Waals surface area (Å²) in [6, 6.07) is 8.29. The Hall–Kier alpha value is -0.180. The van der Waals surface area contributed by atoms with Gasteiger partial charge in [0.05, 0.1) is 13.2 Å². The van der Waals surface area contributed by atoms with Crippen LogP contribution in [0.1, 0.15) is 17.2 Å². The van der Waals surface area contributed by atoms with Gasteiger partial charge in [-0.25, -0.2) is 0 Å². The lowest BCUT2D eigenvalue weighted by Gasteiger charge is -2.26. The molecule has 1 aromatic rings. The highest BCUT2D eigenvalue weighted by Gasteiger charge is 2.19. The lowest BCUT2D eigenvalue weighted by atomic mass is 10.1. The minimum atomic E-state index is 0. The molecule has 2 aliphatic heterocycles. The maximum atomic E-state index is 5.77. The molecule has 1 aromatic carbocycles. The Morgan fingerprint density at radius 3 is 2.96 bits per heavy atom. The Bertz CT molecular complexity index is 524. The van der Waals surface area contributed by atoms with E-state index in [0.29, 0.717) is 10.4 Å². The van der Waals surface area contributed by atoms with Crippen LogP contribution in [0.5, 0.6) is 5.75 Å². The van der Waals surface area contributed by atoms with E-state index in [1.54, 1.807) is 0 Å². The zero-order chi connectivity index (χ0) is 15.9. The van der Waals surface area contributed by atoms with Crippen molar-refractivity contribution in [3.8, 4) is 5.75 Å². The Morgan fingerprint density at radius 1 is 1.38 bits per heavy atom. The lowest BCUT2D eigenvalue weighted by Crippen LogP contribution is -2.41. The average molecular weight is 407 g/mol. The third kappa shape index (κ3) is 6.28. The number of hydrogen-bond acceptors (Lipinski definition) is 6. The van der Waals surface area contributed by atoms with E-state index in [-0.39, 0.29) is 12.4 Å². The molecule has 4 nitrogen and oxygen atoms in total. The second kappa shape index (κ2) is 10.7. The quantitative estimate of drug-likeness (QED) is 0.591. The predicted molar refractivity (Wildman–Crippen MR) is 110 cm³/mol. The smallest absolute Gasteiger partial charge is 0.262 e. The van der Waals surface area contributed by atoms with Gasteiger partial charge in [0.25, 0.3) is 5.17 Å². The summed E-state index contributed by atoms with van der Waals surface area (Å²) in [6.45, 7) is 5.40. The van der Waals surface area contributed by atoms with E-state index >= 15 is 0 Å². The molecule has 2 saturated heterocycles. The van der Waals surface area contributed by atoms with Crippen LogP contribution in [0, 0.1) is 0 Å². The molecule has 2 aliphatic rings. The SMILES string of the molecule is Cl.S=C(NCCN1CCOCC1)Oc1cccc([C@@H]2CCSS2)c1. The van der Waals surface area contributed by atoms with Gasteiger partial charge in [0.15, 0.2) is 0 Å². The molecule has 0 aliphatic carbocycles. The number of morpholine rings is 1. The molecule has 0 spiro atoms. The van der Waals surface area contributed by atoms with E-state index in [4.69, 9.17) is 21.7 Å². The molecule has 8 heteroatoms. The molecule has 0 amide bonds. The third-order valence-electron chi connectivity index (χ3n) is 3.89. The minimum absolute atomic E-state index is 0. The molecular formula is C16H23ClN2O2S3. The second-order valence-corrected chi connectivity index (χ2v) is 8.60. The number of ether oxygens (including phenoxy) is 2. The average Bonchev–Trinajstić information content (AvgIpc) is 3.11. The predicted octanol–water partition coefficient (Wildman–Crippen LogP) is 3.52. The highest BCUT2D eigenvalue weighted by molar-refractivity contribution is 8.77. The Labute approximate surface area is 163 Å². The van der Waals surface area contributed by atoms with E-state index in [9.17, 15) is 0 Å². The highest BCUT2D eigenvalue weighted by atomic mass is 35.5. The number of rotatable bonds is 5. The van der Waals surface area contributed by atoms with Crippen molar-refractivity contribution in [1.82, 2.24) is 10.2 Å². The maximum Gasteiger partial charge on any atom is 0.262 e. The first-order valence-corrected chi connectivity index (χ1v) is 10.7. The fourth-order valence-corrected chi connectivity index (χ4v) is 5.72. The summed E-state index contributed by atoms with van der Waals surface area (Å²) in [5, 5.41) is 4.21. The van der Waals surface area contributed by atoms with Gasteiger partial charge in [0.2, 0.25) is 0 Å². The van der Waals surface area contributed by atoms with Crippen LogP contribution in [-0.4, -0.2) is 55.2 Å². The molecule has 1 atom stereocenters. The molecule has 0 bridgehead atoms. The van der Waals surface area contributed by atoms with Crippen molar-refractivity contribution in [2.24, 2.45) is 0 Å². The minimum Gasteiger partial charge on any atom is -0.432 e. The molecule has 134 valence electrons. The van der Waals surface area contributed by atoms with E-state index in [1.165, 1.54) is 17.7 Å². The summed E-state index contributed by atoms with van der Waals surface area (Å²) in [7, 11) is 3.90. The van der Waals surface area contributed by atoms with Crippen molar-refractivity contribution in [2.45, 2.75) is 11.7 Å². The number of hydrogen-bond donors (Lipinski definition) is 1. The van der Waals surface area contributed by atoms with E-state index in [1.807, 2.05) is 33.7 Å². The molecule has 0 aromatic heterocycles. The summed E-state index contributed by atoms with van der Waals surface area (Å²) in [6.07, 6.45) is 1.22. The van der Waals surface area contributed by atoms with Crippen molar-refractivity contribution < 1.29 is 9.47 Å². The van der Waals surface area contributed by atoms with Gasteiger partial charge in [-0.05, 0) is 36.3 Å². The van der Waals surface area contributed by atoms with Gasteiger partial charge in [0.1, 0.15) is 5.75 Å². The van der Waals surface area contributed by atoms with Gasteiger partial charge in [0, 0.05) is 37.2 Å². The molecule has 0 unspecified atom stereocenters. The lowest BCUT2D eigenvalue weighted by molar-refractivity contribution is 0.0388. The summed E-state index contributed by atoms with van der Waals surface area (Å²) < 4.78 is 11.1. The van der Waals surface area contributed by atoms with E-state index < -0.39 is 0 Å². The van der Waals surface area contributed by atoms with Crippen LogP contribution >= 0.6 is 46.2 Å². The number of benzene rings is 1. The fraction of sp³-hybridized carbons (Fsp3) is 0.562. The standard InChI is InChI=1S/C16H22N2O2S3.ClH/c21-16(17-5-6-18-7-9-19-10-8-18)20-14-3-1-2-13(12-14)15-4-11-22-23-15;/h1-3,12,15H,4-11H2,(H,17,21);1H/t15-;/m0./s1. The number of halogens is 1. The topological polar surface area (TPSA) is 33.7 Å². The van der Waals surface area contributed by atoms with Crippen LogP contribution in [0.25, 0.3) is 0 Å². The second-order valence-electron chi connectivity index (χ2n) is 5.54. The van der Waals surface area contributed by atoms with Crippen molar-refractivity contribution in [1.29, 1.82) is 0 Å². The molecule has 1 N–H and O–H groups in total. The zero-order valence-electron chi connectivity index (χ0n) is 13.4.